The lowest BCUT2D eigenvalue weighted by molar-refractivity contribution is 0.187. The molecule has 0 aliphatic rings. The van der Waals surface area contributed by atoms with Gasteiger partial charge in [-0.3, -0.25) is 5.32 Å². The predicted octanol–water partition coefficient (Wildman–Crippen LogP) is 2.51. The molecular formula is C14H23N3O2. The third-order valence-electron chi connectivity index (χ3n) is 3.11. The van der Waals surface area contributed by atoms with E-state index in [1.807, 2.05) is 24.3 Å². The van der Waals surface area contributed by atoms with Crippen molar-refractivity contribution in [2.45, 2.75) is 13.8 Å². The molecule has 0 saturated heterocycles. The van der Waals surface area contributed by atoms with Crippen LogP contribution in [0.4, 0.5) is 16.2 Å². The molecule has 0 heterocycles. The van der Waals surface area contributed by atoms with E-state index in [1.165, 1.54) is 7.11 Å². The maximum absolute atomic E-state index is 11.1. The van der Waals surface area contributed by atoms with Crippen LogP contribution in [0, 0.1) is 11.8 Å². The van der Waals surface area contributed by atoms with E-state index in [0.717, 1.165) is 12.2 Å². The highest BCUT2D eigenvalue weighted by Gasteiger charge is 2.11. The molecule has 5 nitrogen and oxygen atoms in total. The summed E-state index contributed by atoms with van der Waals surface area (Å²) in [6, 6.07) is 7.51. The summed E-state index contributed by atoms with van der Waals surface area (Å²) < 4.78 is 4.55. The van der Waals surface area contributed by atoms with Crippen molar-refractivity contribution in [3.63, 3.8) is 0 Å². The Labute approximate surface area is 114 Å². The second-order valence-electron chi connectivity index (χ2n) is 4.82. The Morgan fingerprint density at radius 2 is 2.05 bits per heavy atom. The van der Waals surface area contributed by atoms with E-state index in [9.17, 15) is 4.79 Å². The van der Waals surface area contributed by atoms with Crippen molar-refractivity contribution in [2.75, 3.05) is 30.8 Å². The smallest absolute Gasteiger partial charge is 0.411 e. The monoisotopic (exact) mass is 265 g/mol. The summed E-state index contributed by atoms with van der Waals surface area (Å²) in [7, 11) is 1.34. The normalized spacial score (nSPS) is 12.1. The summed E-state index contributed by atoms with van der Waals surface area (Å²) in [4.78, 5) is 11.1. The second kappa shape index (κ2) is 7.63. The summed E-state index contributed by atoms with van der Waals surface area (Å²) >= 11 is 0. The fourth-order valence-electron chi connectivity index (χ4n) is 1.72. The van der Waals surface area contributed by atoms with E-state index in [1.54, 1.807) is 0 Å². The molecule has 0 fully saturated rings. The van der Waals surface area contributed by atoms with Crippen LogP contribution >= 0.6 is 0 Å². The summed E-state index contributed by atoms with van der Waals surface area (Å²) in [6.45, 7) is 5.80. The maximum Gasteiger partial charge on any atom is 0.411 e. The fraction of sp³-hybridized carbons (Fsp3) is 0.500. The molecular weight excluding hydrogens is 242 g/mol. The Hall–Kier alpha value is -1.75. The van der Waals surface area contributed by atoms with Crippen molar-refractivity contribution in [2.24, 2.45) is 17.6 Å². The van der Waals surface area contributed by atoms with Gasteiger partial charge in [-0.15, -0.1) is 0 Å². The molecule has 0 bridgehead atoms. The minimum absolute atomic E-state index is 0.428. The van der Waals surface area contributed by atoms with Gasteiger partial charge in [0, 0.05) is 17.9 Å². The molecule has 1 amide bonds. The SMILES string of the molecule is COC(=O)Nc1cccc(NCC(CN)C(C)C)c1. The lowest BCUT2D eigenvalue weighted by Gasteiger charge is -2.20. The van der Waals surface area contributed by atoms with Crippen molar-refractivity contribution in [1.29, 1.82) is 0 Å². The molecule has 0 spiro atoms. The molecule has 19 heavy (non-hydrogen) atoms. The molecule has 5 heteroatoms. The van der Waals surface area contributed by atoms with Gasteiger partial charge in [0.2, 0.25) is 0 Å². The molecule has 0 aliphatic heterocycles. The molecule has 106 valence electrons. The number of hydrogen-bond acceptors (Lipinski definition) is 4. The zero-order valence-electron chi connectivity index (χ0n) is 11.8. The number of hydrogen-bond donors (Lipinski definition) is 3. The number of carbonyl (C=O) groups excluding carboxylic acids is 1. The average Bonchev–Trinajstić information content (AvgIpc) is 2.39. The number of nitrogens with two attached hydrogens (primary N) is 1. The highest BCUT2D eigenvalue weighted by Crippen LogP contribution is 2.17. The Morgan fingerprint density at radius 1 is 1.37 bits per heavy atom. The Balaban J connectivity index is 2.59. The van der Waals surface area contributed by atoms with Gasteiger partial charge in [-0.1, -0.05) is 19.9 Å². The lowest BCUT2D eigenvalue weighted by atomic mass is 9.96. The van der Waals surface area contributed by atoms with Crippen LogP contribution in [0.2, 0.25) is 0 Å². The lowest BCUT2D eigenvalue weighted by Crippen LogP contribution is -2.27. The molecule has 0 radical (unpaired) electrons. The number of methoxy groups -OCH3 is 1. The van der Waals surface area contributed by atoms with Gasteiger partial charge in [-0.25, -0.2) is 4.79 Å². The van der Waals surface area contributed by atoms with Crippen LogP contribution in [-0.4, -0.2) is 26.3 Å². The first kappa shape index (κ1) is 15.3. The number of amides is 1. The second-order valence-corrected chi connectivity index (χ2v) is 4.82. The molecule has 0 saturated carbocycles. The zero-order chi connectivity index (χ0) is 14.3. The molecule has 0 aromatic heterocycles. The average molecular weight is 265 g/mol. The minimum Gasteiger partial charge on any atom is -0.453 e. The van der Waals surface area contributed by atoms with Crippen LogP contribution in [0.3, 0.4) is 0 Å². The number of benzene rings is 1. The minimum atomic E-state index is -0.473. The molecule has 1 aromatic carbocycles. The largest absolute Gasteiger partial charge is 0.453 e. The highest BCUT2D eigenvalue weighted by atomic mass is 16.5. The number of ether oxygens (including phenoxy) is 1. The van der Waals surface area contributed by atoms with E-state index in [-0.39, 0.29) is 0 Å². The van der Waals surface area contributed by atoms with E-state index in [0.29, 0.717) is 24.1 Å². The molecule has 4 N–H and O–H groups in total. The van der Waals surface area contributed by atoms with Crippen LogP contribution < -0.4 is 16.4 Å². The van der Waals surface area contributed by atoms with Crippen molar-refractivity contribution in [3.05, 3.63) is 24.3 Å². The topological polar surface area (TPSA) is 76.4 Å². The third kappa shape index (κ3) is 5.18. The first-order valence-electron chi connectivity index (χ1n) is 6.45. The van der Waals surface area contributed by atoms with Gasteiger partial charge in [0.1, 0.15) is 0 Å². The highest BCUT2D eigenvalue weighted by molar-refractivity contribution is 5.85. The molecule has 0 aliphatic carbocycles. The first-order chi connectivity index (χ1) is 9.06. The summed E-state index contributed by atoms with van der Waals surface area (Å²) in [5.74, 6) is 0.964. The van der Waals surface area contributed by atoms with E-state index in [4.69, 9.17) is 5.73 Å². The number of rotatable bonds is 6. The van der Waals surface area contributed by atoms with Crippen LogP contribution in [-0.2, 0) is 4.74 Å². The molecule has 1 rings (SSSR count). The van der Waals surface area contributed by atoms with E-state index in [2.05, 4.69) is 29.2 Å². The Morgan fingerprint density at radius 3 is 2.63 bits per heavy atom. The number of carbonyl (C=O) groups is 1. The van der Waals surface area contributed by atoms with E-state index < -0.39 is 6.09 Å². The molecule has 1 atom stereocenters. The molecule has 1 aromatic rings. The van der Waals surface area contributed by atoms with Crippen LogP contribution in [0.25, 0.3) is 0 Å². The van der Waals surface area contributed by atoms with Crippen LogP contribution in [0.1, 0.15) is 13.8 Å². The summed E-state index contributed by atoms with van der Waals surface area (Å²) in [5, 5.41) is 5.97. The van der Waals surface area contributed by atoms with Crippen molar-refractivity contribution < 1.29 is 9.53 Å². The van der Waals surface area contributed by atoms with Gasteiger partial charge in [-0.05, 0) is 36.6 Å². The maximum atomic E-state index is 11.1. The van der Waals surface area contributed by atoms with Crippen LogP contribution in [0.15, 0.2) is 24.3 Å². The van der Waals surface area contributed by atoms with Gasteiger partial charge in [0.15, 0.2) is 0 Å². The quantitative estimate of drug-likeness (QED) is 0.738. The Bertz CT molecular complexity index is 407. The third-order valence-corrected chi connectivity index (χ3v) is 3.11. The summed E-state index contributed by atoms with van der Waals surface area (Å²) in [6.07, 6.45) is -0.473. The van der Waals surface area contributed by atoms with Gasteiger partial charge >= 0.3 is 6.09 Å². The Kier molecular flexibility index (Phi) is 6.15. The van der Waals surface area contributed by atoms with Gasteiger partial charge in [0.25, 0.3) is 0 Å². The number of anilines is 2. The standard InChI is InChI=1S/C14H23N3O2/c1-10(2)11(8-15)9-16-12-5-4-6-13(7-12)17-14(18)19-3/h4-7,10-11,16H,8-9,15H2,1-3H3,(H,17,18). The summed E-state index contributed by atoms with van der Waals surface area (Å²) in [5.41, 5.74) is 7.39. The van der Waals surface area contributed by atoms with Gasteiger partial charge in [-0.2, -0.15) is 0 Å². The number of nitrogens with one attached hydrogen (secondary N) is 2. The zero-order valence-corrected chi connectivity index (χ0v) is 11.8. The van der Waals surface area contributed by atoms with E-state index >= 15 is 0 Å². The van der Waals surface area contributed by atoms with Gasteiger partial charge < -0.3 is 15.8 Å². The van der Waals surface area contributed by atoms with Crippen molar-refractivity contribution in [3.8, 4) is 0 Å². The predicted molar refractivity (Wildman–Crippen MR) is 78.3 cm³/mol. The van der Waals surface area contributed by atoms with Crippen molar-refractivity contribution in [1.82, 2.24) is 0 Å². The molecule has 1 unspecified atom stereocenters. The van der Waals surface area contributed by atoms with Crippen LogP contribution in [0.5, 0.6) is 0 Å². The first-order valence-corrected chi connectivity index (χ1v) is 6.45. The van der Waals surface area contributed by atoms with Crippen molar-refractivity contribution >= 4 is 17.5 Å². The van der Waals surface area contributed by atoms with Gasteiger partial charge in [0.05, 0.1) is 7.11 Å². The fourth-order valence-corrected chi connectivity index (χ4v) is 1.72.